The van der Waals surface area contributed by atoms with E-state index in [1.807, 2.05) is 5.38 Å². The molecule has 0 aliphatic carbocycles. The van der Waals surface area contributed by atoms with Crippen LogP contribution >= 0.6 is 11.3 Å². The SMILES string of the molecule is O=C(O)CC(NC(=O)c1ccc(F)cc1)c1cccs1. The van der Waals surface area contributed by atoms with Crippen molar-refractivity contribution >= 4 is 23.2 Å². The minimum Gasteiger partial charge on any atom is -0.481 e. The van der Waals surface area contributed by atoms with E-state index in [9.17, 15) is 14.0 Å². The van der Waals surface area contributed by atoms with Crippen molar-refractivity contribution in [2.45, 2.75) is 12.5 Å². The maximum Gasteiger partial charge on any atom is 0.305 e. The van der Waals surface area contributed by atoms with Crippen molar-refractivity contribution < 1.29 is 19.1 Å². The Balaban J connectivity index is 2.13. The van der Waals surface area contributed by atoms with Crippen LogP contribution in [0, 0.1) is 5.82 Å². The van der Waals surface area contributed by atoms with Gasteiger partial charge in [0.05, 0.1) is 12.5 Å². The van der Waals surface area contributed by atoms with Crippen molar-refractivity contribution in [3.05, 3.63) is 58.0 Å². The Labute approximate surface area is 118 Å². The lowest BCUT2D eigenvalue weighted by Gasteiger charge is -2.15. The molecule has 0 aliphatic heterocycles. The largest absolute Gasteiger partial charge is 0.481 e. The smallest absolute Gasteiger partial charge is 0.305 e. The highest BCUT2D eigenvalue weighted by atomic mass is 32.1. The van der Waals surface area contributed by atoms with E-state index in [2.05, 4.69) is 5.32 Å². The summed E-state index contributed by atoms with van der Waals surface area (Å²) < 4.78 is 12.8. The van der Waals surface area contributed by atoms with E-state index >= 15 is 0 Å². The van der Waals surface area contributed by atoms with Crippen LogP contribution in [0.2, 0.25) is 0 Å². The molecule has 0 saturated heterocycles. The van der Waals surface area contributed by atoms with Crippen LogP contribution in [0.3, 0.4) is 0 Å². The van der Waals surface area contributed by atoms with Gasteiger partial charge < -0.3 is 10.4 Å². The molecule has 6 heteroatoms. The third kappa shape index (κ3) is 3.64. The van der Waals surface area contributed by atoms with E-state index < -0.39 is 23.7 Å². The maximum absolute atomic E-state index is 12.8. The summed E-state index contributed by atoms with van der Waals surface area (Å²) in [4.78, 5) is 23.7. The first kappa shape index (κ1) is 14.2. The molecule has 2 N–H and O–H groups in total. The van der Waals surface area contributed by atoms with E-state index in [4.69, 9.17) is 5.11 Å². The van der Waals surface area contributed by atoms with Gasteiger partial charge in [-0.05, 0) is 35.7 Å². The van der Waals surface area contributed by atoms with E-state index in [1.165, 1.54) is 35.6 Å². The van der Waals surface area contributed by atoms with Gasteiger partial charge in [0.15, 0.2) is 0 Å². The van der Waals surface area contributed by atoms with Crippen molar-refractivity contribution in [3.63, 3.8) is 0 Å². The predicted octanol–water partition coefficient (Wildman–Crippen LogP) is 2.83. The highest BCUT2D eigenvalue weighted by molar-refractivity contribution is 7.10. The van der Waals surface area contributed by atoms with E-state index in [0.717, 1.165) is 4.88 Å². The predicted molar refractivity (Wildman–Crippen MR) is 73.2 cm³/mol. The summed E-state index contributed by atoms with van der Waals surface area (Å²) in [5.41, 5.74) is 0.290. The lowest BCUT2D eigenvalue weighted by molar-refractivity contribution is -0.137. The molecule has 2 aromatic rings. The summed E-state index contributed by atoms with van der Waals surface area (Å²) in [5, 5.41) is 13.4. The third-order valence-corrected chi connectivity index (χ3v) is 3.66. The van der Waals surface area contributed by atoms with Crippen LogP contribution in [-0.2, 0) is 4.79 Å². The Morgan fingerprint density at radius 1 is 1.25 bits per heavy atom. The van der Waals surface area contributed by atoms with Gasteiger partial charge in [-0.15, -0.1) is 11.3 Å². The summed E-state index contributed by atoms with van der Waals surface area (Å²) in [6.07, 6.45) is -0.201. The number of benzene rings is 1. The first-order valence-corrected chi connectivity index (χ1v) is 6.76. The van der Waals surface area contributed by atoms with Crippen LogP contribution in [0.4, 0.5) is 4.39 Å². The zero-order valence-corrected chi connectivity index (χ0v) is 11.2. The molecule has 0 bridgehead atoms. The zero-order valence-electron chi connectivity index (χ0n) is 10.4. The summed E-state index contributed by atoms with van der Waals surface area (Å²) >= 11 is 1.37. The van der Waals surface area contributed by atoms with Crippen LogP contribution in [0.5, 0.6) is 0 Å². The van der Waals surface area contributed by atoms with Crippen molar-refractivity contribution in [1.82, 2.24) is 5.32 Å². The van der Waals surface area contributed by atoms with Crippen LogP contribution in [0.25, 0.3) is 0 Å². The molecule has 0 radical (unpaired) electrons. The van der Waals surface area contributed by atoms with Crippen LogP contribution in [0.1, 0.15) is 27.7 Å². The fourth-order valence-electron chi connectivity index (χ4n) is 1.73. The minimum absolute atomic E-state index is 0.201. The molecular formula is C14H12FNO3S. The third-order valence-electron chi connectivity index (χ3n) is 2.68. The topological polar surface area (TPSA) is 66.4 Å². The lowest BCUT2D eigenvalue weighted by atomic mass is 10.1. The van der Waals surface area contributed by atoms with Crippen molar-refractivity contribution in [3.8, 4) is 0 Å². The number of carbonyl (C=O) groups is 2. The van der Waals surface area contributed by atoms with Gasteiger partial charge in [0.2, 0.25) is 0 Å². The molecule has 0 aliphatic rings. The highest BCUT2D eigenvalue weighted by Crippen LogP contribution is 2.22. The summed E-state index contributed by atoms with van der Waals surface area (Å²) in [7, 11) is 0. The monoisotopic (exact) mass is 293 g/mol. The van der Waals surface area contributed by atoms with Gasteiger partial charge in [0, 0.05) is 10.4 Å². The van der Waals surface area contributed by atoms with Crippen LogP contribution < -0.4 is 5.32 Å². The van der Waals surface area contributed by atoms with E-state index in [-0.39, 0.29) is 6.42 Å². The normalized spacial score (nSPS) is 11.8. The second-order valence-electron chi connectivity index (χ2n) is 4.15. The Morgan fingerprint density at radius 2 is 1.95 bits per heavy atom. The first-order valence-electron chi connectivity index (χ1n) is 5.88. The number of rotatable bonds is 5. The number of nitrogens with one attached hydrogen (secondary N) is 1. The van der Waals surface area contributed by atoms with Crippen molar-refractivity contribution in [1.29, 1.82) is 0 Å². The fraction of sp³-hybridized carbons (Fsp3) is 0.143. The quantitative estimate of drug-likeness (QED) is 0.891. The Morgan fingerprint density at radius 3 is 2.50 bits per heavy atom. The second kappa shape index (κ2) is 6.29. The summed E-state index contributed by atoms with van der Waals surface area (Å²) in [6.45, 7) is 0. The average molecular weight is 293 g/mol. The molecule has 1 amide bonds. The van der Waals surface area contributed by atoms with Gasteiger partial charge in [-0.25, -0.2) is 4.39 Å². The number of carboxylic acids is 1. The zero-order chi connectivity index (χ0) is 14.5. The molecule has 1 unspecified atom stereocenters. The highest BCUT2D eigenvalue weighted by Gasteiger charge is 2.19. The van der Waals surface area contributed by atoms with Gasteiger partial charge in [0.1, 0.15) is 5.82 Å². The van der Waals surface area contributed by atoms with Crippen LogP contribution in [-0.4, -0.2) is 17.0 Å². The number of thiophene rings is 1. The van der Waals surface area contributed by atoms with Gasteiger partial charge >= 0.3 is 5.97 Å². The van der Waals surface area contributed by atoms with Gasteiger partial charge in [-0.1, -0.05) is 6.07 Å². The number of carboxylic acid groups (broad SMARTS) is 1. The van der Waals surface area contributed by atoms with Crippen LogP contribution in [0.15, 0.2) is 41.8 Å². The molecule has 1 aromatic carbocycles. The second-order valence-corrected chi connectivity index (χ2v) is 5.13. The minimum atomic E-state index is -0.997. The average Bonchev–Trinajstić information content (AvgIpc) is 2.92. The molecule has 104 valence electrons. The number of halogens is 1. The molecule has 0 saturated carbocycles. The molecule has 4 nitrogen and oxygen atoms in total. The molecule has 20 heavy (non-hydrogen) atoms. The Kier molecular flexibility index (Phi) is 4.47. The first-order chi connectivity index (χ1) is 9.56. The van der Waals surface area contributed by atoms with Crippen molar-refractivity contribution in [2.75, 3.05) is 0 Å². The Hall–Kier alpha value is -2.21. The Bertz CT molecular complexity index is 595. The van der Waals surface area contributed by atoms with Gasteiger partial charge in [0.25, 0.3) is 5.91 Å². The summed E-state index contributed by atoms with van der Waals surface area (Å²) in [5.74, 6) is -1.85. The molecule has 1 heterocycles. The molecule has 0 spiro atoms. The molecule has 1 aromatic heterocycles. The molecule has 2 rings (SSSR count). The standard InChI is InChI=1S/C14H12FNO3S/c15-10-5-3-9(4-6-10)14(19)16-11(8-13(17)18)12-2-1-7-20-12/h1-7,11H,8H2,(H,16,19)(H,17,18). The number of hydrogen-bond donors (Lipinski definition) is 2. The van der Waals surface area contributed by atoms with Crippen molar-refractivity contribution in [2.24, 2.45) is 0 Å². The number of amides is 1. The number of aliphatic carboxylic acids is 1. The molecule has 1 atom stereocenters. The molecular weight excluding hydrogens is 281 g/mol. The lowest BCUT2D eigenvalue weighted by Crippen LogP contribution is -2.29. The number of hydrogen-bond acceptors (Lipinski definition) is 3. The van der Waals surface area contributed by atoms with Gasteiger partial charge in [-0.2, -0.15) is 0 Å². The fourth-order valence-corrected chi connectivity index (χ4v) is 2.51. The molecule has 0 fully saturated rings. The summed E-state index contributed by atoms with van der Waals surface area (Å²) in [6, 6.07) is 8.05. The van der Waals surface area contributed by atoms with E-state index in [1.54, 1.807) is 12.1 Å². The van der Waals surface area contributed by atoms with E-state index in [0.29, 0.717) is 5.56 Å². The van der Waals surface area contributed by atoms with Gasteiger partial charge in [-0.3, -0.25) is 9.59 Å². The number of carbonyl (C=O) groups excluding carboxylic acids is 1. The maximum atomic E-state index is 12.8.